The second kappa shape index (κ2) is 16.0. The lowest BCUT2D eigenvalue weighted by Crippen LogP contribution is -2.56. The Morgan fingerprint density at radius 3 is 2.51 bits per heavy atom. The summed E-state index contributed by atoms with van der Waals surface area (Å²) in [7, 11) is 0. The Morgan fingerprint density at radius 2 is 1.87 bits per heavy atom. The summed E-state index contributed by atoms with van der Waals surface area (Å²) >= 11 is 10.3. The second-order valence-corrected chi connectivity index (χ2v) is 10.2. The number of rotatable bonds is 14. The molecule has 0 radical (unpaired) electrons. The first-order valence-corrected chi connectivity index (χ1v) is 13.6. The molecule has 1 aromatic carbocycles. The Kier molecular flexibility index (Phi) is 13.1. The van der Waals surface area contributed by atoms with Crippen LogP contribution in [0.25, 0.3) is 0 Å². The van der Waals surface area contributed by atoms with Crippen molar-refractivity contribution in [3.05, 3.63) is 47.1 Å². The molecule has 3 atom stereocenters. The van der Waals surface area contributed by atoms with Crippen LogP contribution in [0.1, 0.15) is 38.7 Å². The normalized spacial score (nSPS) is 15.9. The fourth-order valence-electron chi connectivity index (χ4n) is 3.72. The van der Waals surface area contributed by atoms with Gasteiger partial charge in [-0.05, 0) is 36.8 Å². The Labute approximate surface area is 238 Å². The molecule has 0 saturated heterocycles. The summed E-state index contributed by atoms with van der Waals surface area (Å²) in [6, 6.07) is 4.09. The van der Waals surface area contributed by atoms with E-state index in [4.69, 9.17) is 21.4 Å². The average Bonchev–Trinajstić information content (AvgIpc) is 3.39. The third kappa shape index (κ3) is 10.4. The fourth-order valence-corrected chi connectivity index (χ4v) is 4.21. The van der Waals surface area contributed by atoms with E-state index in [0.29, 0.717) is 18.0 Å². The zero-order valence-corrected chi connectivity index (χ0v) is 23.5. The average molecular weight is 583 g/mol. The van der Waals surface area contributed by atoms with Crippen LogP contribution in [0.3, 0.4) is 0 Å². The summed E-state index contributed by atoms with van der Waals surface area (Å²) in [5.74, 6) is -2.77. The van der Waals surface area contributed by atoms with Gasteiger partial charge >= 0.3 is 12.1 Å². The van der Waals surface area contributed by atoms with Gasteiger partial charge in [-0.2, -0.15) is 12.6 Å². The zero-order valence-electron chi connectivity index (χ0n) is 21.9. The van der Waals surface area contributed by atoms with Crippen LogP contribution in [0.15, 0.2) is 36.5 Å². The highest BCUT2D eigenvalue weighted by molar-refractivity contribution is 7.80. The van der Waals surface area contributed by atoms with E-state index in [0.717, 1.165) is 10.5 Å². The molecule has 11 nitrogen and oxygen atoms in total. The molecule has 0 unspecified atom stereocenters. The largest absolute Gasteiger partial charge is 0.481 e. The highest BCUT2D eigenvalue weighted by atomic mass is 35.5. The molecular formula is C26H35ClN4O7S. The number of hydrogen-bond donors (Lipinski definition) is 5. The lowest BCUT2D eigenvalue weighted by Gasteiger charge is -2.28. The number of carbonyl (C=O) groups is 5. The third-order valence-corrected chi connectivity index (χ3v) is 6.50. The van der Waals surface area contributed by atoms with Gasteiger partial charge in [-0.1, -0.05) is 49.7 Å². The van der Waals surface area contributed by atoms with Crippen LogP contribution >= 0.6 is 24.2 Å². The summed E-state index contributed by atoms with van der Waals surface area (Å²) < 4.78 is 5.06. The van der Waals surface area contributed by atoms with Crippen molar-refractivity contribution in [1.82, 2.24) is 20.9 Å². The Hall–Kier alpha value is -3.25. The molecule has 0 aromatic heterocycles. The molecule has 214 valence electrons. The van der Waals surface area contributed by atoms with Gasteiger partial charge in [0.25, 0.3) is 0 Å². The van der Waals surface area contributed by atoms with Crippen LogP contribution in [0.2, 0.25) is 5.02 Å². The van der Waals surface area contributed by atoms with Gasteiger partial charge in [-0.15, -0.1) is 0 Å². The topological polar surface area (TPSA) is 154 Å². The summed E-state index contributed by atoms with van der Waals surface area (Å²) in [5, 5.41) is 17.5. The van der Waals surface area contributed by atoms with Crippen molar-refractivity contribution >= 4 is 54.0 Å². The molecule has 13 heteroatoms. The van der Waals surface area contributed by atoms with Crippen LogP contribution < -0.4 is 16.0 Å². The van der Waals surface area contributed by atoms with Crippen LogP contribution in [-0.2, 0) is 30.3 Å². The van der Waals surface area contributed by atoms with Gasteiger partial charge in [0, 0.05) is 29.9 Å². The van der Waals surface area contributed by atoms with E-state index >= 15 is 0 Å². The predicted molar refractivity (Wildman–Crippen MR) is 148 cm³/mol. The van der Waals surface area contributed by atoms with E-state index < -0.39 is 47.9 Å². The van der Waals surface area contributed by atoms with E-state index in [9.17, 15) is 24.0 Å². The molecule has 4 N–H and O–H groups in total. The molecule has 39 heavy (non-hydrogen) atoms. The van der Waals surface area contributed by atoms with Gasteiger partial charge < -0.3 is 30.7 Å². The fraction of sp³-hybridized carbons (Fsp3) is 0.500. The van der Waals surface area contributed by atoms with Crippen molar-refractivity contribution in [3.63, 3.8) is 0 Å². The highest BCUT2D eigenvalue weighted by Gasteiger charge is 2.37. The minimum absolute atomic E-state index is 0.0161. The highest BCUT2D eigenvalue weighted by Crippen LogP contribution is 2.18. The number of carboxylic acid groups (broad SMARTS) is 1. The van der Waals surface area contributed by atoms with Crippen LogP contribution in [-0.4, -0.2) is 76.8 Å². The van der Waals surface area contributed by atoms with E-state index in [2.05, 4.69) is 28.6 Å². The van der Waals surface area contributed by atoms with Gasteiger partial charge in [-0.3, -0.25) is 19.2 Å². The number of nitrogens with zero attached hydrogens (tertiary/aromatic N) is 1. The summed E-state index contributed by atoms with van der Waals surface area (Å²) in [6.07, 6.45) is 2.24. The first-order valence-electron chi connectivity index (χ1n) is 12.6. The second-order valence-electron chi connectivity index (χ2n) is 9.38. The first-order chi connectivity index (χ1) is 18.5. The van der Waals surface area contributed by atoms with Gasteiger partial charge in [-0.25, -0.2) is 4.79 Å². The molecule has 0 saturated carbocycles. The number of halogens is 1. The van der Waals surface area contributed by atoms with Crippen molar-refractivity contribution < 1.29 is 33.8 Å². The third-order valence-electron chi connectivity index (χ3n) is 5.77. The minimum Gasteiger partial charge on any atom is -0.481 e. The number of nitrogens with one attached hydrogen (secondary N) is 3. The van der Waals surface area contributed by atoms with Crippen LogP contribution in [0.5, 0.6) is 0 Å². The molecule has 2 rings (SSSR count). The van der Waals surface area contributed by atoms with Crippen LogP contribution in [0, 0.1) is 5.92 Å². The summed E-state index contributed by atoms with van der Waals surface area (Å²) in [4.78, 5) is 63.5. The molecule has 1 aliphatic heterocycles. The molecule has 0 aliphatic carbocycles. The maximum atomic E-state index is 13.3. The Morgan fingerprint density at radius 1 is 1.15 bits per heavy atom. The number of ether oxygens (including phenoxy) is 1. The van der Waals surface area contributed by atoms with Gasteiger partial charge in [0.15, 0.2) is 0 Å². The molecule has 1 aliphatic rings. The Bertz CT molecular complexity index is 1070. The minimum atomic E-state index is -1.23. The zero-order chi connectivity index (χ0) is 28.9. The van der Waals surface area contributed by atoms with Gasteiger partial charge in [0.2, 0.25) is 17.7 Å². The van der Waals surface area contributed by atoms with Crippen molar-refractivity contribution in [3.8, 4) is 0 Å². The number of benzene rings is 1. The summed E-state index contributed by atoms with van der Waals surface area (Å²) in [5.41, 5.74) is 0.872. The van der Waals surface area contributed by atoms with E-state index in [-0.39, 0.29) is 37.5 Å². The maximum absolute atomic E-state index is 13.3. The van der Waals surface area contributed by atoms with Crippen molar-refractivity contribution in [2.24, 2.45) is 5.92 Å². The van der Waals surface area contributed by atoms with E-state index in [1.807, 2.05) is 32.0 Å². The SMILES string of the molecule is CC(C)COC(=O)N[C@H](CCC(=O)O)C(=O)N1C=CC[C@H]1C(=O)N[C@@H](CS)C(=O)NCCc1ccccc1Cl. The molecule has 1 heterocycles. The first kappa shape index (κ1) is 32.0. The molecule has 1 aromatic rings. The maximum Gasteiger partial charge on any atom is 0.407 e. The number of alkyl carbamates (subject to hydrolysis) is 1. The lowest BCUT2D eigenvalue weighted by molar-refractivity contribution is -0.140. The van der Waals surface area contributed by atoms with Gasteiger partial charge in [0.05, 0.1) is 6.61 Å². The van der Waals surface area contributed by atoms with E-state index in [1.165, 1.54) is 6.20 Å². The number of hydrogen-bond acceptors (Lipinski definition) is 7. The standard InChI is InChI=1S/C26H35ClN4O7S/c1-16(2)14-38-26(37)30-19(9-10-22(32)33)25(36)31-13-5-8-21(31)24(35)29-20(15-39)23(34)28-12-11-17-6-3-4-7-18(17)27/h3-7,13,16,19-21,39H,8-12,14-15H2,1-2H3,(H,28,34)(H,29,35)(H,30,37)(H,32,33)/t19-,20+,21+/m1/s1. The number of thiol groups is 1. The van der Waals surface area contributed by atoms with Crippen molar-refractivity contribution in [2.75, 3.05) is 18.9 Å². The van der Waals surface area contributed by atoms with E-state index in [1.54, 1.807) is 12.1 Å². The number of carbonyl (C=O) groups excluding carboxylic acids is 4. The Balaban J connectivity index is 2.00. The van der Waals surface area contributed by atoms with Crippen LogP contribution in [0.4, 0.5) is 4.79 Å². The molecule has 0 bridgehead atoms. The predicted octanol–water partition coefficient (Wildman–Crippen LogP) is 2.14. The number of carboxylic acids is 1. The monoisotopic (exact) mass is 582 g/mol. The smallest absolute Gasteiger partial charge is 0.407 e. The quantitative estimate of drug-likeness (QED) is 0.211. The molecule has 4 amide bonds. The molecular weight excluding hydrogens is 548 g/mol. The number of aliphatic carboxylic acids is 1. The number of amides is 4. The van der Waals surface area contributed by atoms with Crippen molar-refractivity contribution in [1.29, 1.82) is 0 Å². The van der Waals surface area contributed by atoms with Gasteiger partial charge in [0.1, 0.15) is 18.1 Å². The molecule has 0 fully saturated rings. The molecule has 0 spiro atoms. The van der Waals surface area contributed by atoms with Crippen molar-refractivity contribution in [2.45, 2.75) is 57.7 Å². The lowest BCUT2D eigenvalue weighted by atomic mass is 10.1. The summed E-state index contributed by atoms with van der Waals surface area (Å²) in [6.45, 7) is 4.10.